The quantitative estimate of drug-likeness (QED) is 0.682. The number of hydrogen-bond acceptors (Lipinski definition) is 5. The smallest absolute Gasteiger partial charge is 0.225 e. The van der Waals surface area contributed by atoms with Crippen LogP contribution in [0.25, 0.3) is 0 Å². The average Bonchev–Trinajstić information content (AvgIpc) is 2.72. The SMILES string of the molecule is O=C(CCN1CCCCC1)Nc1cc2c(cc1O)C(=O)c1ccccc1C2=O. The van der Waals surface area contributed by atoms with Gasteiger partial charge in [0.05, 0.1) is 5.69 Å². The van der Waals surface area contributed by atoms with Crippen LogP contribution in [-0.2, 0) is 4.79 Å². The van der Waals surface area contributed by atoms with E-state index in [1.54, 1.807) is 24.3 Å². The highest BCUT2D eigenvalue weighted by Gasteiger charge is 2.30. The number of carbonyl (C=O) groups is 3. The topological polar surface area (TPSA) is 86.7 Å². The minimum Gasteiger partial charge on any atom is -0.506 e. The first-order valence-corrected chi connectivity index (χ1v) is 9.62. The molecule has 2 aromatic rings. The van der Waals surface area contributed by atoms with Crippen LogP contribution in [0.1, 0.15) is 57.5 Å². The molecule has 144 valence electrons. The monoisotopic (exact) mass is 378 g/mol. The van der Waals surface area contributed by atoms with Gasteiger partial charge in [-0.15, -0.1) is 0 Å². The molecule has 0 atom stereocenters. The molecule has 2 aliphatic rings. The molecule has 28 heavy (non-hydrogen) atoms. The number of phenolic OH excluding ortho intramolecular Hbond substituents is 1. The lowest BCUT2D eigenvalue weighted by Gasteiger charge is -2.26. The van der Waals surface area contributed by atoms with E-state index in [1.165, 1.54) is 18.6 Å². The van der Waals surface area contributed by atoms with Crippen molar-refractivity contribution in [1.82, 2.24) is 4.90 Å². The van der Waals surface area contributed by atoms with Crippen molar-refractivity contribution in [3.63, 3.8) is 0 Å². The molecule has 1 heterocycles. The van der Waals surface area contributed by atoms with Gasteiger partial charge in [-0.2, -0.15) is 0 Å². The van der Waals surface area contributed by atoms with Crippen LogP contribution in [-0.4, -0.2) is 47.1 Å². The number of piperidine rings is 1. The third-order valence-electron chi connectivity index (χ3n) is 5.42. The summed E-state index contributed by atoms with van der Waals surface area (Å²) in [4.78, 5) is 40.0. The Bertz CT molecular complexity index is 961. The number of rotatable bonds is 4. The van der Waals surface area contributed by atoms with E-state index in [0.29, 0.717) is 24.1 Å². The van der Waals surface area contributed by atoms with Gasteiger partial charge in [0.1, 0.15) is 5.75 Å². The molecular weight excluding hydrogens is 356 g/mol. The molecule has 0 aromatic heterocycles. The van der Waals surface area contributed by atoms with Gasteiger partial charge in [0.15, 0.2) is 11.6 Å². The van der Waals surface area contributed by atoms with Crippen molar-refractivity contribution in [2.45, 2.75) is 25.7 Å². The number of likely N-dealkylation sites (tertiary alicyclic amines) is 1. The third kappa shape index (κ3) is 3.43. The Hall–Kier alpha value is -2.99. The standard InChI is InChI=1S/C22H22N2O4/c25-19-13-17-16(21(27)14-6-2-3-7-15(14)22(17)28)12-18(19)23-20(26)8-11-24-9-4-1-5-10-24/h2-3,6-7,12-13,25H,1,4-5,8-11H2,(H,23,26). The van der Waals surface area contributed by atoms with Gasteiger partial charge in [0, 0.05) is 35.2 Å². The molecule has 1 saturated heterocycles. The second-order valence-corrected chi connectivity index (χ2v) is 7.32. The molecule has 0 radical (unpaired) electrons. The summed E-state index contributed by atoms with van der Waals surface area (Å²) < 4.78 is 0. The Labute approximate surface area is 163 Å². The first-order valence-electron chi connectivity index (χ1n) is 9.62. The van der Waals surface area contributed by atoms with E-state index in [0.717, 1.165) is 25.9 Å². The van der Waals surface area contributed by atoms with Crippen LogP contribution in [0, 0.1) is 0 Å². The lowest BCUT2D eigenvalue weighted by atomic mass is 9.83. The molecule has 1 amide bonds. The Morgan fingerprint density at radius 2 is 1.54 bits per heavy atom. The average molecular weight is 378 g/mol. The fraction of sp³-hybridized carbons (Fsp3) is 0.318. The molecule has 1 aliphatic carbocycles. The van der Waals surface area contributed by atoms with Crippen LogP contribution >= 0.6 is 0 Å². The van der Waals surface area contributed by atoms with Gasteiger partial charge < -0.3 is 15.3 Å². The first kappa shape index (κ1) is 18.4. The minimum atomic E-state index is -0.302. The number of nitrogens with zero attached hydrogens (tertiary/aromatic N) is 1. The number of nitrogens with one attached hydrogen (secondary N) is 1. The zero-order chi connectivity index (χ0) is 19.7. The Balaban J connectivity index is 1.52. The van der Waals surface area contributed by atoms with E-state index in [4.69, 9.17) is 0 Å². The fourth-order valence-electron chi connectivity index (χ4n) is 3.89. The fourth-order valence-corrected chi connectivity index (χ4v) is 3.89. The van der Waals surface area contributed by atoms with Crippen LogP contribution in [0.5, 0.6) is 5.75 Å². The zero-order valence-corrected chi connectivity index (χ0v) is 15.5. The van der Waals surface area contributed by atoms with Gasteiger partial charge in [0.25, 0.3) is 0 Å². The minimum absolute atomic E-state index is 0.155. The van der Waals surface area contributed by atoms with Crippen molar-refractivity contribution < 1.29 is 19.5 Å². The lowest BCUT2D eigenvalue weighted by molar-refractivity contribution is -0.116. The Morgan fingerprint density at radius 3 is 2.18 bits per heavy atom. The summed E-state index contributed by atoms with van der Waals surface area (Å²) in [7, 11) is 0. The molecule has 0 bridgehead atoms. The summed E-state index contributed by atoms with van der Waals surface area (Å²) in [6.07, 6.45) is 3.86. The third-order valence-corrected chi connectivity index (χ3v) is 5.42. The van der Waals surface area contributed by atoms with Crippen LogP contribution in [0.3, 0.4) is 0 Å². The van der Waals surface area contributed by atoms with E-state index in [1.807, 2.05) is 0 Å². The molecule has 0 spiro atoms. The predicted molar refractivity (Wildman–Crippen MR) is 105 cm³/mol. The highest BCUT2D eigenvalue weighted by molar-refractivity contribution is 6.28. The number of amides is 1. The summed E-state index contributed by atoms with van der Waals surface area (Å²) in [5, 5.41) is 13.0. The maximum atomic E-state index is 12.8. The van der Waals surface area contributed by atoms with Crippen LogP contribution in [0.15, 0.2) is 36.4 Å². The van der Waals surface area contributed by atoms with Crippen LogP contribution in [0.2, 0.25) is 0 Å². The number of fused-ring (bicyclic) bond motifs is 2. The normalized spacial score (nSPS) is 16.4. The molecule has 4 rings (SSSR count). The second-order valence-electron chi connectivity index (χ2n) is 7.32. The lowest BCUT2D eigenvalue weighted by Crippen LogP contribution is -2.32. The summed E-state index contributed by atoms with van der Waals surface area (Å²) in [5.41, 5.74) is 1.19. The second kappa shape index (κ2) is 7.56. The van der Waals surface area contributed by atoms with Crippen molar-refractivity contribution >= 4 is 23.2 Å². The summed E-state index contributed by atoms with van der Waals surface area (Å²) >= 11 is 0. The summed E-state index contributed by atoms with van der Waals surface area (Å²) in [6.45, 7) is 2.68. The molecule has 1 aliphatic heterocycles. The molecule has 0 saturated carbocycles. The van der Waals surface area contributed by atoms with Gasteiger partial charge in [0.2, 0.25) is 5.91 Å². The number of aromatic hydroxyl groups is 1. The van der Waals surface area contributed by atoms with Crippen molar-refractivity contribution in [1.29, 1.82) is 0 Å². The Kier molecular flexibility index (Phi) is 4.96. The van der Waals surface area contributed by atoms with Crippen molar-refractivity contribution in [3.05, 3.63) is 58.7 Å². The van der Waals surface area contributed by atoms with E-state index < -0.39 is 0 Å². The Morgan fingerprint density at radius 1 is 0.929 bits per heavy atom. The van der Waals surface area contributed by atoms with Gasteiger partial charge >= 0.3 is 0 Å². The number of benzene rings is 2. The largest absolute Gasteiger partial charge is 0.506 e. The van der Waals surface area contributed by atoms with Crippen molar-refractivity contribution in [2.24, 2.45) is 0 Å². The van der Waals surface area contributed by atoms with Gasteiger partial charge in [-0.3, -0.25) is 14.4 Å². The molecule has 6 nitrogen and oxygen atoms in total. The van der Waals surface area contributed by atoms with E-state index in [9.17, 15) is 19.5 Å². The van der Waals surface area contributed by atoms with Gasteiger partial charge in [-0.1, -0.05) is 30.7 Å². The molecule has 2 aromatic carbocycles. The highest BCUT2D eigenvalue weighted by Crippen LogP contribution is 2.34. The molecule has 1 fully saturated rings. The molecule has 2 N–H and O–H groups in total. The number of anilines is 1. The van der Waals surface area contributed by atoms with E-state index in [-0.39, 0.29) is 40.0 Å². The number of hydrogen-bond donors (Lipinski definition) is 2. The van der Waals surface area contributed by atoms with Gasteiger partial charge in [-0.25, -0.2) is 0 Å². The zero-order valence-electron chi connectivity index (χ0n) is 15.5. The van der Waals surface area contributed by atoms with Crippen molar-refractivity contribution in [3.8, 4) is 5.75 Å². The van der Waals surface area contributed by atoms with Crippen molar-refractivity contribution in [2.75, 3.05) is 25.0 Å². The summed E-state index contributed by atoms with van der Waals surface area (Å²) in [5.74, 6) is -1.03. The number of phenols is 1. The number of carbonyl (C=O) groups excluding carboxylic acids is 3. The highest BCUT2D eigenvalue weighted by atomic mass is 16.3. The van der Waals surface area contributed by atoms with Crippen LogP contribution in [0.4, 0.5) is 5.69 Å². The molecule has 0 unspecified atom stereocenters. The number of ketones is 2. The maximum Gasteiger partial charge on any atom is 0.225 e. The van der Waals surface area contributed by atoms with Gasteiger partial charge in [-0.05, 0) is 38.1 Å². The maximum absolute atomic E-state index is 12.8. The van der Waals surface area contributed by atoms with E-state index in [2.05, 4.69) is 10.2 Å². The molecular formula is C22H22N2O4. The van der Waals surface area contributed by atoms with Crippen LogP contribution < -0.4 is 5.32 Å². The van der Waals surface area contributed by atoms with E-state index >= 15 is 0 Å². The predicted octanol–water partition coefficient (Wildman–Crippen LogP) is 2.98. The molecule has 6 heteroatoms. The summed E-state index contributed by atoms with van der Waals surface area (Å²) in [6, 6.07) is 9.30. The first-order chi connectivity index (χ1) is 13.5.